The third kappa shape index (κ3) is 1.90. The molecule has 3 nitrogen and oxygen atoms in total. The van der Waals surface area contributed by atoms with Gasteiger partial charge in [0.05, 0.1) is 12.7 Å². The van der Waals surface area contributed by atoms with Crippen molar-refractivity contribution < 1.29 is 13.9 Å². The van der Waals surface area contributed by atoms with Gasteiger partial charge in [-0.3, -0.25) is 0 Å². The van der Waals surface area contributed by atoms with Crippen LogP contribution in [0, 0.1) is 9.52 Å². The molecule has 0 aliphatic heterocycles. The molecular weight excluding hydrogens is 276 g/mol. The number of methoxy groups -OCH3 is 1. The molecule has 0 unspecified atom stereocenters. The summed E-state index contributed by atoms with van der Waals surface area (Å²) in [6, 6.07) is 1.17. The number of aromatic nitrogens is 1. The molecule has 0 spiro atoms. The molecule has 0 radical (unpaired) electrons. The molecule has 0 N–H and O–H groups in total. The van der Waals surface area contributed by atoms with Crippen molar-refractivity contribution in [2.75, 3.05) is 7.11 Å². The highest BCUT2D eigenvalue weighted by atomic mass is 127. The first kappa shape index (κ1) is 9.37. The average Bonchev–Trinajstić information content (AvgIpc) is 2.03. The van der Waals surface area contributed by atoms with Gasteiger partial charge in [0.25, 0.3) is 0 Å². The highest BCUT2D eigenvalue weighted by molar-refractivity contribution is 14.1. The summed E-state index contributed by atoms with van der Waals surface area (Å²) >= 11 is 1.84. The molecule has 0 saturated heterocycles. The summed E-state index contributed by atoms with van der Waals surface area (Å²) in [6.45, 7) is 0. The van der Waals surface area contributed by atoms with E-state index in [1.807, 2.05) is 22.6 Å². The number of nitrogens with zero attached hydrogens (tertiary/aromatic N) is 1. The number of rotatable bonds is 1. The number of hydrogen-bond donors (Lipinski definition) is 0. The molecule has 0 saturated carbocycles. The van der Waals surface area contributed by atoms with Crippen molar-refractivity contribution in [2.24, 2.45) is 0 Å². The Morgan fingerprint density at radius 2 is 2.42 bits per heavy atom. The lowest BCUT2D eigenvalue weighted by atomic mass is 10.3. The van der Waals surface area contributed by atoms with Gasteiger partial charge in [-0.15, -0.1) is 0 Å². The minimum atomic E-state index is -0.605. The quantitative estimate of drug-likeness (QED) is 0.446. The van der Waals surface area contributed by atoms with Crippen LogP contribution in [-0.2, 0) is 4.74 Å². The Morgan fingerprint density at radius 1 is 1.75 bits per heavy atom. The van der Waals surface area contributed by atoms with Crippen LogP contribution in [0.1, 0.15) is 10.4 Å². The van der Waals surface area contributed by atoms with Crippen molar-refractivity contribution in [1.82, 2.24) is 4.98 Å². The Morgan fingerprint density at radius 3 is 2.92 bits per heavy atom. The monoisotopic (exact) mass is 281 g/mol. The Bertz CT molecular complexity index is 316. The maximum absolute atomic E-state index is 12.4. The predicted molar refractivity (Wildman–Crippen MR) is 48.3 cm³/mol. The predicted octanol–water partition coefficient (Wildman–Crippen LogP) is 1.61. The lowest BCUT2D eigenvalue weighted by Gasteiger charge is -2.00. The van der Waals surface area contributed by atoms with Crippen LogP contribution in [0.5, 0.6) is 0 Å². The van der Waals surface area contributed by atoms with Gasteiger partial charge in [0, 0.05) is 15.8 Å². The summed E-state index contributed by atoms with van der Waals surface area (Å²) in [4.78, 5) is 14.3. The number of pyridine rings is 1. The van der Waals surface area contributed by atoms with Crippen molar-refractivity contribution in [3.8, 4) is 0 Å². The molecule has 0 aliphatic rings. The zero-order valence-electron chi connectivity index (χ0n) is 6.17. The minimum Gasteiger partial charge on any atom is -0.465 e. The molecule has 5 heteroatoms. The molecule has 0 atom stereocenters. The second-order valence-corrected chi connectivity index (χ2v) is 3.14. The van der Waals surface area contributed by atoms with Crippen LogP contribution in [0.3, 0.4) is 0 Å². The van der Waals surface area contributed by atoms with Crippen molar-refractivity contribution in [1.29, 1.82) is 0 Å². The molecule has 0 amide bonds. The molecule has 0 aromatic carbocycles. The van der Waals surface area contributed by atoms with Crippen molar-refractivity contribution in [2.45, 2.75) is 0 Å². The smallest absolute Gasteiger partial charge is 0.340 e. The first-order chi connectivity index (χ1) is 5.65. The zero-order valence-corrected chi connectivity index (χ0v) is 8.33. The Kier molecular flexibility index (Phi) is 2.96. The van der Waals surface area contributed by atoms with Crippen molar-refractivity contribution in [3.63, 3.8) is 0 Å². The Hall–Kier alpha value is -0.720. The van der Waals surface area contributed by atoms with E-state index < -0.39 is 11.9 Å². The van der Waals surface area contributed by atoms with Gasteiger partial charge in [-0.05, 0) is 22.6 Å². The van der Waals surface area contributed by atoms with Crippen molar-refractivity contribution in [3.05, 3.63) is 27.3 Å². The normalized spacial score (nSPS) is 9.58. The summed E-state index contributed by atoms with van der Waals surface area (Å²) in [5, 5.41) is 0. The van der Waals surface area contributed by atoms with Gasteiger partial charge in [0.2, 0.25) is 5.95 Å². The number of hydrogen-bond acceptors (Lipinski definition) is 3. The van der Waals surface area contributed by atoms with Gasteiger partial charge in [0.1, 0.15) is 0 Å². The van der Waals surface area contributed by atoms with E-state index in [9.17, 15) is 9.18 Å². The van der Waals surface area contributed by atoms with Crippen LogP contribution in [0.15, 0.2) is 12.3 Å². The fraction of sp³-hybridized carbons (Fsp3) is 0.143. The van der Waals surface area contributed by atoms with E-state index in [1.165, 1.54) is 13.2 Å². The number of halogens is 2. The number of carbonyl (C=O) groups is 1. The standard InChI is InChI=1S/C7H5FINO2/c1-12-7(11)4-3-10-6(8)2-5(4)9/h2-3H,1H3. The van der Waals surface area contributed by atoms with Gasteiger partial charge in [0.15, 0.2) is 0 Å². The third-order valence-electron chi connectivity index (χ3n) is 1.23. The summed E-state index contributed by atoms with van der Waals surface area (Å²) in [5.74, 6) is -1.11. The molecule has 1 aromatic rings. The summed E-state index contributed by atoms with van der Waals surface area (Å²) in [7, 11) is 1.27. The van der Waals surface area contributed by atoms with Crippen LogP contribution in [0.2, 0.25) is 0 Å². The lowest BCUT2D eigenvalue weighted by molar-refractivity contribution is 0.0599. The van der Waals surface area contributed by atoms with Gasteiger partial charge < -0.3 is 4.74 Å². The number of carbonyl (C=O) groups excluding carboxylic acids is 1. The molecule has 1 aromatic heterocycles. The number of ether oxygens (including phenoxy) is 1. The summed E-state index contributed by atoms with van der Waals surface area (Å²) in [6.07, 6.45) is 1.16. The fourth-order valence-electron chi connectivity index (χ4n) is 0.668. The van der Waals surface area contributed by atoms with E-state index in [0.717, 1.165) is 6.20 Å². The van der Waals surface area contributed by atoms with Gasteiger partial charge in [-0.25, -0.2) is 9.78 Å². The van der Waals surface area contributed by atoms with Crippen LogP contribution < -0.4 is 0 Å². The SMILES string of the molecule is COC(=O)c1cnc(F)cc1I. The first-order valence-corrected chi connectivity index (χ1v) is 4.12. The third-order valence-corrected chi connectivity index (χ3v) is 2.12. The van der Waals surface area contributed by atoms with Gasteiger partial charge in [-0.2, -0.15) is 4.39 Å². The lowest BCUT2D eigenvalue weighted by Crippen LogP contribution is -2.05. The molecule has 0 aliphatic carbocycles. The molecule has 64 valence electrons. The molecule has 12 heavy (non-hydrogen) atoms. The molecule has 0 fully saturated rings. The molecule has 1 heterocycles. The topological polar surface area (TPSA) is 39.2 Å². The first-order valence-electron chi connectivity index (χ1n) is 3.04. The Labute approximate surface area is 82.1 Å². The van der Waals surface area contributed by atoms with Crippen LogP contribution in [0.4, 0.5) is 4.39 Å². The number of esters is 1. The maximum atomic E-state index is 12.4. The second kappa shape index (κ2) is 3.79. The average molecular weight is 281 g/mol. The Balaban J connectivity index is 3.09. The molecule has 0 bridgehead atoms. The summed E-state index contributed by atoms with van der Waals surface area (Å²) in [5.41, 5.74) is 0.277. The minimum absolute atomic E-state index is 0.277. The van der Waals surface area contributed by atoms with E-state index in [2.05, 4.69) is 9.72 Å². The molecule has 1 rings (SSSR count). The van der Waals surface area contributed by atoms with E-state index in [-0.39, 0.29) is 5.56 Å². The largest absolute Gasteiger partial charge is 0.465 e. The molecular formula is C7H5FINO2. The maximum Gasteiger partial charge on any atom is 0.340 e. The van der Waals surface area contributed by atoms with Crippen molar-refractivity contribution >= 4 is 28.6 Å². The van der Waals surface area contributed by atoms with Crippen LogP contribution >= 0.6 is 22.6 Å². The van der Waals surface area contributed by atoms with E-state index in [4.69, 9.17) is 0 Å². The van der Waals surface area contributed by atoms with Crippen LogP contribution in [0.25, 0.3) is 0 Å². The fourth-order valence-corrected chi connectivity index (χ4v) is 1.28. The van der Waals surface area contributed by atoms with E-state index >= 15 is 0 Å². The van der Waals surface area contributed by atoms with Crippen LogP contribution in [-0.4, -0.2) is 18.1 Å². The van der Waals surface area contributed by atoms with E-state index in [1.54, 1.807) is 0 Å². The highest BCUT2D eigenvalue weighted by Crippen LogP contribution is 2.12. The summed E-state index contributed by atoms with van der Waals surface area (Å²) < 4.78 is 17.4. The van der Waals surface area contributed by atoms with Gasteiger partial charge in [-0.1, -0.05) is 0 Å². The second-order valence-electron chi connectivity index (χ2n) is 1.98. The highest BCUT2D eigenvalue weighted by Gasteiger charge is 2.10. The zero-order chi connectivity index (χ0) is 9.14. The van der Waals surface area contributed by atoms with Gasteiger partial charge >= 0.3 is 5.97 Å². The van der Waals surface area contributed by atoms with E-state index in [0.29, 0.717) is 3.57 Å².